The molecule has 0 fully saturated rings. The Morgan fingerprint density at radius 1 is 1.19 bits per heavy atom. The summed E-state index contributed by atoms with van der Waals surface area (Å²) in [5.74, 6) is 0.373. The molecule has 0 radical (unpaired) electrons. The monoisotopic (exact) mass is 300 g/mol. The Morgan fingerprint density at radius 2 is 2.00 bits per heavy atom. The minimum Gasteiger partial charge on any atom is -0.309 e. The Labute approximate surface area is 131 Å². The minimum atomic E-state index is 0.373. The van der Waals surface area contributed by atoms with Crippen LogP contribution in [0.5, 0.6) is 0 Å². The lowest BCUT2D eigenvalue weighted by Gasteiger charge is -2.21. The minimum absolute atomic E-state index is 0.373. The number of pyridine rings is 1. The topological polar surface area (TPSA) is 16.1 Å². The van der Waals surface area contributed by atoms with E-state index in [0.29, 0.717) is 5.92 Å². The molecule has 1 aromatic heterocycles. The van der Waals surface area contributed by atoms with E-state index in [1.54, 1.807) is 0 Å². The zero-order valence-electron chi connectivity index (χ0n) is 12.6. The van der Waals surface area contributed by atoms with Crippen LogP contribution in [0.2, 0.25) is 5.02 Å². The largest absolute Gasteiger partial charge is 0.309 e. The van der Waals surface area contributed by atoms with Gasteiger partial charge in [0.2, 0.25) is 0 Å². The van der Waals surface area contributed by atoms with Crippen LogP contribution < -0.4 is 0 Å². The fourth-order valence-corrected chi connectivity index (χ4v) is 3.40. The summed E-state index contributed by atoms with van der Waals surface area (Å²) in [7, 11) is 4.25. The van der Waals surface area contributed by atoms with Crippen LogP contribution in [0.4, 0.5) is 0 Å². The Hall–Kier alpha value is -1.38. The van der Waals surface area contributed by atoms with Crippen molar-refractivity contribution in [3.8, 4) is 0 Å². The summed E-state index contributed by atoms with van der Waals surface area (Å²) in [6.45, 7) is 1.06. The third kappa shape index (κ3) is 3.12. The third-order valence-electron chi connectivity index (χ3n) is 4.27. The molecule has 0 N–H and O–H groups in total. The van der Waals surface area contributed by atoms with Gasteiger partial charge in [0.05, 0.1) is 5.69 Å². The number of hydrogen-bond donors (Lipinski definition) is 0. The first kappa shape index (κ1) is 14.6. The molecular weight excluding hydrogens is 280 g/mol. The Bertz CT molecular complexity index is 637. The van der Waals surface area contributed by atoms with Crippen molar-refractivity contribution >= 4 is 11.6 Å². The molecule has 0 amide bonds. The van der Waals surface area contributed by atoms with Crippen molar-refractivity contribution in [3.05, 3.63) is 63.9 Å². The van der Waals surface area contributed by atoms with Gasteiger partial charge in [0.1, 0.15) is 0 Å². The molecule has 1 aromatic carbocycles. The maximum Gasteiger partial charge on any atom is 0.0510 e. The standard InChI is InChI=1S/C18H21ClN2/c1-21(2)11-9-17-16-8-7-15(19)12-14(16)6-5-13-4-3-10-20-18(13)17/h3-4,7-8,10,12,17H,5-6,9,11H2,1-2H3/t17-/m1/s1. The Morgan fingerprint density at radius 3 is 2.81 bits per heavy atom. The predicted octanol–water partition coefficient (Wildman–Crippen LogP) is 3.92. The molecule has 3 heteroatoms. The number of aryl methyl sites for hydroxylation is 2. The van der Waals surface area contributed by atoms with Crippen LogP contribution in [0, 0.1) is 0 Å². The lowest BCUT2D eigenvalue weighted by molar-refractivity contribution is 0.389. The smallest absolute Gasteiger partial charge is 0.0510 e. The summed E-state index contributed by atoms with van der Waals surface area (Å²) in [5, 5.41) is 0.832. The second kappa shape index (κ2) is 6.17. The highest BCUT2D eigenvalue weighted by molar-refractivity contribution is 6.30. The Balaban J connectivity index is 2.06. The zero-order valence-corrected chi connectivity index (χ0v) is 13.4. The van der Waals surface area contributed by atoms with Crippen molar-refractivity contribution in [1.29, 1.82) is 0 Å². The van der Waals surface area contributed by atoms with Crippen LogP contribution in [0.25, 0.3) is 0 Å². The average Bonchev–Trinajstić information content (AvgIpc) is 2.62. The molecule has 0 aliphatic heterocycles. The Kier molecular flexibility index (Phi) is 4.27. The number of fused-ring (bicyclic) bond motifs is 2. The van der Waals surface area contributed by atoms with Crippen molar-refractivity contribution in [2.24, 2.45) is 0 Å². The van der Waals surface area contributed by atoms with E-state index in [4.69, 9.17) is 16.6 Å². The number of halogens is 1. The van der Waals surface area contributed by atoms with Crippen molar-refractivity contribution in [1.82, 2.24) is 9.88 Å². The maximum atomic E-state index is 6.19. The van der Waals surface area contributed by atoms with Crippen molar-refractivity contribution in [3.63, 3.8) is 0 Å². The first-order chi connectivity index (χ1) is 10.1. The quantitative estimate of drug-likeness (QED) is 0.854. The van der Waals surface area contributed by atoms with Gasteiger partial charge in [-0.05, 0) is 74.8 Å². The van der Waals surface area contributed by atoms with Crippen molar-refractivity contribution in [2.75, 3.05) is 20.6 Å². The second-order valence-electron chi connectivity index (χ2n) is 6.04. The van der Waals surface area contributed by atoms with Gasteiger partial charge in [-0.2, -0.15) is 0 Å². The summed E-state index contributed by atoms with van der Waals surface area (Å²) in [6, 6.07) is 10.6. The van der Waals surface area contributed by atoms with Gasteiger partial charge in [-0.3, -0.25) is 4.98 Å². The van der Waals surface area contributed by atoms with Gasteiger partial charge in [-0.15, -0.1) is 0 Å². The second-order valence-corrected chi connectivity index (χ2v) is 6.47. The summed E-state index contributed by atoms with van der Waals surface area (Å²) >= 11 is 6.19. The summed E-state index contributed by atoms with van der Waals surface area (Å²) < 4.78 is 0. The molecule has 0 spiro atoms. The molecule has 2 aromatic rings. The molecule has 1 heterocycles. The number of nitrogens with zero attached hydrogens (tertiary/aromatic N) is 2. The van der Waals surface area contributed by atoms with Gasteiger partial charge in [0, 0.05) is 17.1 Å². The van der Waals surface area contributed by atoms with Gasteiger partial charge in [-0.1, -0.05) is 23.7 Å². The normalized spacial score (nSPS) is 17.2. The number of hydrogen-bond acceptors (Lipinski definition) is 2. The third-order valence-corrected chi connectivity index (χ3v) is 4.50. The highest BCUT2D eigenvalue weighted by Crippen LogP contribution is 2.36. The molecule has 1 atom stereocenters. The van der Waals surface area contributed by atoms with Gasteiger partial charge >= 0.3 is 0 Å². The molecule has 21 heavy (non-hydrogen) atoms. The van der Waals surface area contributed by atoms with Crippen LogP contribution in [-0.4, -0.2) is 30.5 Å². The van der Waals surface area contributed by atoms with E-state index in [1.165, 1.54) is 22.4 Å². The van der Waals surface area contributed by atoms with Crippen LogP contribution in [0.3, 0.4) is 0 Å². The lowest BCUT2D eigenvalue weighted by atomic mass is 9.89. The molecule has 110 valence electrons. The predicted molar refractivity (Wildman–Crippen MR) is 88.1 cm³/mol. The summed E-state index contributed by atoms with van der Waals surface area (Å²) in [6.07, 6.45) is 5.11. The fraction of sp³-hybridized carbons (Fsp3) is 0.389. The van der Waals surface area contributed by atoms with E-state index < -0.39 is 0 Å². The molecule has 1 aliphatic carbocycles. The average molecular weight is 301 g/mol. The molecule has 3 rings (SSSR count). The first-order valence-corrected chi connectivity index (χ1v) is 7.90. The number of benzene rings is 1. The molecule has 0 saturated heterocycles. The van der Waals surface area contributed by atoms with E-state index in [0.717, 1.165) is 30.8 Å². The molecule has 0 unspecified atom stereocenters. The van der Waals surface area contributed by atoms with E-state index in [2.05, 4.69) is 37.2 Å². The van der Waals surface area contributed by atoms with E-state index in [9.17, 15) is 0 Å². The van der Waals surface area contributed by atoms with Gasteiger partial charge in [0.25, 0.3) is 0 Å². The van der Waals surface area contributed by atoms with E-state index >= 15 is 0 Å². The maximum absolute atomic E-state index is 6.19. The molecule has 0 bridgehead atoms. The van der Waals surface area contributed by atoms with Crippen molar-refractivity contribution in [2.45, 2.75) is 25.2 Å². The zero-order chi connectivity index (χ0) is 14.8. The van der Waals surface area contributed by atoms with Gasteiger partial charge < -0.3 is 4.90 Å². The fourth-order valence-electron chi connectivity index (χ4n) is 3.20. The first-order valence-electron chi connectivity index (χ1n) is 7.52. The van der Waals surface area contributed by atoms with Crippen LogP contribution >= 0.6 is 11.6 Å². The highest BCUT2D eigenvalue weighted by atomic mass is 35.5. The van der Waals surface area contributed by atoms with E-state index in [1.807, 2.05) is 18.3 Å². The summed E-state index contributed by atoms with van der Waals surface area (Å²) in [4.78, 5) is 6.95. The molecule has 2 nitrogen and oxygen atoms in total. The van der Waals surface area contributed by atoms with E-state index in [-0.39, 0.29) is 0 Å². The van der Waals surface area contributed by atoms with Crippen LogP contribution in [-0.2, 0) is 12.8 Å². The lowest BCUT2D eigenvalue weighted by Crippen LogP contribution is -2.17. The van der Waals surface area contributed by atoms with Crippen molar-refractivity contribution < 1.29 is 0 Å². The molecule has 0 saturated carbocycles. The summed E-state index contributed by atoms with van der Waals surface area (Å²) in [5.41, 5.74) is 5.41. The highest BCUT2D eigenvalue weighted by Gasteiger charge is 2.24. The van der Waals surface area contributed by atoms with Gasteiger partial charge in [-0.25, -0.2) is 0 Å². The molecular formula is C18H21ClN2. The number of rotatable bonds is 3. The number of aromatic nitrogens is 1. The molecule has 1 aliphatic rings. The van der Waals surface area contributed by atoms with Gasteiger partial charge in [0.15, 0.2) is 0 Å². The SMILES string of the molecule is CN(C)CC[C@@H]1c2ccc(Cl)cc2CCc2cccnc21. The van der Waals surface area contributed by atoms with Crippen LogP contribution in [0.15, 0.2) is 36.5 Å². The van der Waals surface area contributed by atoms with Crippen LogP contribution in [0.1, 0.15) is 34.7 Å².